The van der Waals surface area contributed by atoms with Gasteiger partial charge in [-0.25, -0.2) is 13.1 Å². The fraction of sp³-hybridized carbons (Fsp3) is 0.571. The van der Waals surface area contributed by atoms with Crippen molar-refractivity contribution in [3.05, 3.63) is 28.8 Å². The highest BCUT2D eigenvalue weighted by atomic mass is 35.5. The first kappa shape index (κ1) is 15.8. The molecule has 0 aromatic heterocycles. The lowest BCUT2D eigenvalue weighted by molar-refractivity contribution is 0.142. The van der Waals surface area contributed by atoms with Crippen molar-refractivity contribution >= 4 is 21.6 Å². The van der Waals surface area contributed by atoms with E-state index in [2.05, 4.69) is 4.72 Å². The van der Waals surface area contributed by atoms with Gasteiger partial charge < -0.3 is 5.11 Å². The third kappa shape index (κ3) is 3.34. The Bertz CT molecular complexity index is 580. The van der Waals surface area contributed by atoms with Crippen molar-refractivity contribution in [2.45, 2.75) is 49.5 Å². The van der Waals surface area contributed by atoms with Crippen LogP contribution in [0.3, 0.4) is 0 Å². The van der Waals surface area contributed by atoms with Crippen LogP contribution in [0.1, 0.15) is 37.7 Å². The molecule has 4 nitrogen and oxygen atoms in total. The number of benzene rings is 1. The number of halogens is 1. The molecule has 1 aliphatic rings. The van der Waals surface area contributed by atoms with E-state index in [1.54, 1.807) is 12.1 Å². The molecule has 0 amide bonds. The third-order valence-corrected chi connectivity index (χ3v) is 5.90. The monoisotopic (exact) mass is 317 g/mol. The van der Waals surface area contributed by atoms with E-state index in [0.717, 1.165) is 24.8 Å². The first-order valence-electron chi connectivity index (χ1n) is 6.80. The van der Waals surface area contributed by atoms with E-state index in [0.29, 0.717) is 12.8 Å². The van der Waals surface area contributed by atoms with Crippen molar-refractivity contribution in [2.24, 2.45) is 0 Å². The molecule has 20 heavy (non-hydrogen) atoms. The molecule has 2 rings (SSSR count). The molecule has 1 aromatic carbocycles. The Kier molecular flexibility index (Phi) is 4.74. The summed E-state index contributed by atoms with van der Waals surface area (Å²) in [5.41, 5.74) is 0.161. The van der Waals surface area contributed by atoms with Crippen molar-refractivity contribution in [1.29, 1.82) is 0 Å². The molecule has 1 aliphatic carbocycles. The Labute approximate surface area is 125 Å². The van der Waals surface area contributed by atoms with Crippen LogP contribution in [0, 0.1) is 6.92 Å². The number of sulfonamides is 1. The molecular formula is C14H20ClNO3S. The molecule has 112 valence electrons. The minimum Gasteiger partial charge on any atom is -0.394 e. The lowest BCUT2D eigenvalue weighted by Gasteiger charge is -2.36. The van der Waals surface area contributed by atoms with Gasteiger partial charge in [0, 0.05) is 0 Å². The van der Waals surface area contributed by atoms with Gasteiger partial charge >= 0.3 is 0 Å². The predicted octanol–water partition coefficient (Wildman–Crippen LogP) is 2.62. The highest BCUT2D eigenvalue weighted by Gasteiger charge is 2.36. The molecule has 0 atom stereocenters. The van der Waals surface area contributed by atoms with Gasteiger partial charge in [-0.1, -0.05) is 36.9 Å². The van der Waals surface area contributed by atoms with Crippen LogP contribution in [0.2, 0.25) is 5.02 Å². The van der Waals surface area contributed by atoms with Gasteiger partial charge in [0.05, 0.1) is 17.2 Å². The molecule has 6 heteroatoms. The van der Waals surface area contributed by atoms with Crippen LogP contribution in [0.4, 0.5) is 0 Å². The second-order valence-corrected chi connectivity index (χ2v) is 7.60. The first-order valence-corrected chi connectivity index (χ1v) is 8.66. The molecule has 0 saturated heterocycles. The zero-order chi connectivity index (χ0) is 14.8. The fourth-order valence-electron chi connectivity index (χ4n) is 2.68. The molecule has 1 aromatic rings. The molecule has 0 aliphatic heterocycles. The maximum absolute atomic E-state index is 12.5. The standard InChI is InChI=1S/C14H20ClNO3S/c1-11-5-6-13(12(15)9-11)20(18,19)16-14(10-17)7-3-2-4-8-14/h5-6,9,16-17H,2-4,7-8,10H2,1H3. The van der Waals surface area contributed by atoms with Gasteiger partial charge in [0.25, 0.3) is 0 Å². The Hall–Kier alpha value is -0.620. The summed E-state index contributed by atoms with van der Waals surface area (Å²) in [6, 6.07) is 4.85. The summed E-state index contributed by atoms with van der Waals surface area (Å²) in [5.74, 6) is 0. The van der Waals surface area contributed by atoms with E-state index >= 15 is 0 Å². The fourth-order valence-corrected chi connectivity index (χ4v) is 4.74. The van der Waals surface area contributed by atoms with Crippen molar-refractivity contribution < 1.29 is 13.5 Å². The van der Waals surface area contributed by atoms with Crippen molar-refractivity contribution in [1.82, 2.24) is 4.72 Å². The van der Waals surface area contributed by atoms with Gasteiger partial charge in [0.1, 0.15) is 4.90 Å². The Balaban J connectivity index is 2.30. The van der Waals surface area contributed by atoms with E-state index in [-0.39, 0.29) is 16.5 Å². The molecule has 0 bridgehead atoms. The van der Waals surface area contributed by atoms with E-state index in [4.69, 9.17) is 11.6 Å². The van der Waals surface area contributed by atoms with Crippen LogP contribution in [-0.4, -0.2) is 25.7 Å². The largest absolute Gasteiger partial charge is 0.394 e. The summed E-state index contributed by atoms with van der Waals surface area (Å²) in [4.78, 5) is 0.0724. The van der Waals surface area contributed by atoms with E-state index in [1.807, 2.05) is 6.92 Å². The average Bonchev–Trinajstić information content (AvgIpc) is 2.38. The van der Waals surface area contributed by atoms with Gasteiger partial charge in [0.2, 0.25) is 10.0 Å². The predicted molar refractivity (Wildman–Crippen MR) is 79.4 cm³/mol. The molecule has 0 unspecified atom stereocenters. The summed E-state index contributed by atoms with van der Waals surface area (Å²) >= 11 is 6.04. The highest BCUT2D eigenvalue weighted by molar-refractivity contribution is 7.89. The van der Waals surface area contributed by atoms with Crippen LogP contribution in [0.5, 0.6) is 0 Å². The second kappa shape index (κ2) is 6.02. The molecule has 0 heterocycles. The van der Waals surface area contributed by atoms with Crippen molar-refractivity contribution in [3.8, 4) is 0 Å². The smallest absolute Gasteiger partial charge is 0.242 e. The topological polar surface area (TPSA) is 66.4 Å². The minimum atomic E-state index is -3.72. The van der Waals surface area contributed by atoms with Crippen molar-refractivity contribution in [2.75, 3.05) is 6.61 Å². The maximum atomic E-state index is 12.5. The number of hydrogen-bond acceptors (Lipinski definition) is 3. The Morgan fingerprint density at radius 2 is 1.95 bits per heavy atom. The summed E-state index contributed by atoms with van der Waals surface area (Å²) in [6.45, 7) is 1.67. The third-order valence-electron chi connectivity index (χ3n) is 3.84. The van der Waals surface area contributed by atoms with Crippen molar-refractivity contribution in [3.63, 3.8) is 0 Å². The number of aliphatic hydroxyl groups is 1. The lowest BCUT2D eigenvalue weighted by Crippen LogP contribution is -2.52. The van der Waals surface area contributed by atoms with Gasteiger partial charge in [-0.2, -0.15) is 0 Å². The normalized spacial score (nSPS) is 18.9. The first-order chi connectivity index (χ1) is 9.38. The summed E-state index contributed by atoms with van der Waals surface area (Å²) in [5, 5.41) is 9.81. The summed E-state index contributed by atoms with van der Waals surface area (Å²) in [7, 11) is -3.72. The van der Waals surface area contributed by atoms with Crippen LogP contribution >= 0.6 is 11.6 Å². The van der Waals surface area contributed by atoms with E-state index < -0.39 is 15.6 Å². The quantitative estimate of drug-likeness (QED) is 0.897. The lowest BCUT2D eigenvalue weighted by atomic mass is 9.83. The number of aryl methyl sites for hydroxylation is 1. The Morgan fingerprint density at radius 3 is 2.50 bits per heavy atom. The van der Waals surface area contributed by atoms with Crippen LogP contribution in [0.15, 0.2) is 23.1 Å². The number of nitrogens with one attached hydrogen (secondary N) is 1. The Morgan fingerprint density at radius 1 is 1.30 bits per heavy atom. The zero-order valence-corrected chi connectivity index (χ0v) is 13.1. The zero-order valence-electron chi connectivity index (χ0n) is 11.5. The molecular weight excluding hydrogens is 298 g/mol. The van der Waals surface area contributed by atoms with Crippen LogP contribution < -0.4 is 4.72 Å². The summed E-state index contributed by atoms with van der Waals surface area (Å²) in [6.07, 6.45) is 4.24. The van der Waals surface area contributed by atoms with Crippen LogP contribution in [0.25, 0.3) is 0 Å². The van der Waals surface area contributed by atoms with Gasteiger partial charge in [0.15, 0.2) is 0 Å². The molecule has 1 fully saturated rings. The molecule has 0 spiro atoms. The van der Waals surface area contributed by atoms with Gasteiger partial charge in [-0.3, -0.25) is 0 Å². The van der Waals surface area contributed by atoms with Gasteiger partial charge in [-0.05, 0) is 37.5 Å². The average molecular weight is 318 g/mol. The maximum Gasteiger partial charge on any atom is 0.242 e. The molecule has 0 radical (unpaired) electrons. The molecule has 1 saturated carbocycles. The van der Waals surface area contributed by atoms with E-state index in [9.17, 15) is 13.5 Å². The number of rotatable bonds is 4. The van der Waals surface area contributed by atoms with Crippen LogP contribution in [-0.2, 0) is 10.0 Å². The van der Waals surface area contributed by atoms with Gasteiger partial charge in [-0.15, -0.1) is 0 Å². The number of hydrogen-bond donors (Lipinski definition) is 2. The summed E-state index contributed by atoms with van der Waals surface area (Å²) < 4.78 is 27.7. The molecule has 2 N–H and O–H groups in total. The SMILES string of the molecule is Cc1ccc(S(=O)(=O)NC2(CO)CCCCC2)c(Cl)c1. The highest BCUT2D eigenvalue weighted by Crippen LogP contribution is 2.31. The minimum absolute atomic E-state index is 0.0724. The van der Waals surface area contributed by atoms with E-state index in [1.165, 1.54) is 6.07 Å². The second-order valence-electron chi connectivity index (χ2n) is 5.54. The number of aliphatic hydroxyl groups excluding tert-OH is 1.